The van der Waals surface area contributed by atoms with Crippen molar-refractivity contribution in [2.45, 2.75) is 24.8 Å². The van der Waals surface area contributed by atoms with E-state index in [2.05, 4.69) is 10.5 Å². The van der Waals surface area contributed by atoms with Gasteiger partial charge in [-0.25, -0.2) is 0 Å². The number of hydrazone groups is 1. The maximum absolute atomic E-state index is 13.5. The van der Waals surface area contributed by atoms with E-state index >= 15 is 0 Å². The number of benzene rings is 2. The molecule has 0 aromatic heterocycles. The fraction of sp³-hybridized carbons (Fsp3) is 0.286. The molecule has 0 fully saturated rings. The lowest BCUT2D eigenvalue weighted by molar-refractivity contribution is 0.0761. The van der Waals surface area contributed by atoms with Crippen molar-refractivity contribution in [3.8, 4) is 0 Å². The Morgan fingerprint density at radius 3 is 2.03 bits per heavy atom. The molecule has 29 heavy (non-hydrogen) atoms. The van der Waals surface area contributed by atoms with Gasteiger partial charge in [0.2, 0.25) is 0 Å². The van der Waals surface area contributed by atoms with Crippen molar-refractivity contribution in [2.24, 2.45) is 5.10 Å². The zero-order chi connectivity index (χ0) is 20.8. The third-order valence-corrected chi connectivity index (χ3v) is 7.53. The summed E-state index contributed by atoms with van der Waals surface area (Å²) in [6.45, 7) is 2.03. The lowest BCUT2D eigenvalue weighted by atomic mass is 9.77. The molecule has 1 aliphatic heterocycles. The first-order valence-corrected chi connectivity index (χ1v) is 10.8. The van der Waals surface area contributed by atoms with E-state index in [0.29, 0.717) is 16.7 Å². The highest BCUT2D eigenvalue weighted by atomic mass is 31.2. The van der Waals surface area contributed by atoms with E-state index < -0.39 is 30.6 Å². The third kappa shape index (κ3) is 2.65. The summed E-state index contributed by atoms with van der Waals surface area (Å²) in [5.41, 5.74) is 3.42. The molecule has 7 nitrogen and oxygen atoms in total. The van der Waals surface area contributed by atoms with Gasteiger partial charge in [0.1, 0.15) is 0 Å². The van der Waals surface area contributed by atoms with Crippen LogP contribution in [0, 0.1) is 0 Å². The summed E-state index contributed by atoms with van der Waals surface area (Å²) in [6.07, 6.45) is 0.840. The second-order valence-electron chi connectivity index (χ2n) is 6.98. The highest BCUT2D eigenvalue weighted by Gasteiger charge is 2.65. The largest absolute Gasteiger partial charge is 0.377 e. The van der Waals surface area contributed by atoms with Gasteiger partial charge in [-0.1, -0.05) is 55.5 Å². The van der Waals surface area contributed by atoms with Crippen LogP contribution in [0.4, 0.5) is 0 Å². The average Bonchev–Trinajstić information content (AvgIpc) is 3.27. The van der Waals surface area contributed by atoms with Crippen LogP contribution in [0.5, 0.6) is 0 Å². The summed E-state index contributed by atoms with van der Waals surface area (Å²) >= 11 is 0. The number of hydrogen-bond donors (Lipinski definition) is 1. The van der Waals surface area contributed by atoms with Gasteiger partial charge in [0, 0.05) is 25.3 Å². The van der Waals surface area contributed by atoms with Crippen LogP contribution in [0.1, 0.15) is 44.7 Å². The minimum absolute atomic E-state index is 0.0151. The average molecular weight is 412 g/mol. The number of rotatable bonds is 5. The highest BCUT2D eigenvalue weighted by Crippen LogP contribution is 2.58. The van der Waals surface area contributed by atoms with Gasteiger partial charge in [0.25, 0.3) is 0 Å². The fourth-order valence-corrected chi connectivity index (χ4v) is 5.42. The summed E-state index contributed by atoms with van der Waals surface area (Å²) in [5.74, 6) is -1.73. The Kier molecular flexibility index (Phi) is 4.77. The van der Waals surface area contributed by atoms with Gasteiger partial charge in [-0.15, -0.1) is 0 Å². The standard InChI is InChI=1S/C21H21N2O5P/c1-4-13-9-11-14(12-10-13)17-20(29(26,27-2)28-3)22-23-21(17)18(24)15-7-5-6-8-16(15)19(21)25/h5-12,17,23H,4H2,1-3H3. The number of carbonyl (C=O) groups is 2. The molecular weight excluding hydrogens is 391 g/mol. The molecule has 2 aromatic rings. The number of hydrogen-bond acceptors (Lipinski definition) is 7. The molecular formula is C21H21N2O5P. The van der Waals surface area contributed by atoms with E-state index in [1.807, 2.05) is 31.2 Å². The normalized spacial score (nSPS) is 20.0. The highest BCUT2D eigenvalue weighted by molar-refractivity contribution is 7.72. The Hall–Kier alpha value is -2.60. The number of aryl methyl sites for hydroxylation is 1. The summed E-state index contributed by atoms with van der Waals surface area (Å²) < 4.78 is 23.6. The molecule has 1 unspecified atom stereocenters. The third-order valence-electron chi connectivity index (χ3n) is 5.65. The molecule has 1 aliphatic carbocycles. The van der Waals surface area contributed by atoms with Crippen LogP contribution in [0.2, 0.25) is 0 Å². The van der Waals surface area contributed by atoms with Crippen molar-refractivity contribution in [1.29, 1.82) is 0 Å². The molecule has 1 atom stereocenters. The van der Waals surface area contributed by atoms with Gasteiger partial charge < -0.3 is 9.05 Å². The van der Waals surface area contributed by atoms with E-state index in [1.54, 1.807) is 24.3 Å². The number of nitrogens with one attached hydrogen (secondary N) is 1. The Morgan fingerprint density at radius 1 is 1.00 bits per heavy atom. The summed E-state index contributed by atoms with van der Waals surface area (Å²) in [4.78, 5) is 26.9. The molecule has 0 bridgehead atoms. The van der Waals surface area contributed by atoms with E-state index in [0.717, 1.165) is 12.0 Å². The topological polar surface area (TPSA) is 94.1 Å². The molecule has 150 valence electrons. The number of carbonyl (C=O) groups excluding carboxylic acids is 2. The second-order valence-corrected chi connectivity index (χ2v) is 9.17. The smallest absolute Gasteiger partial charge is 0.308 e. The van der Waals surface area contributed by atoms with Crippen molar-refractivity contribution >= 4 is 24.6 Å². The monoisotopic (exact) mass is 412 g/mol. The Labute approximate surface area is 168 Å². The number of Topliss-reactive ketones (excluding diaryl/α,β-unsaturated/α-hetero) is 2. The van der Waals surface area contributed by atoms with Crippen molar-refractivity contribution in [1.82, 2.24) is 5.43 Å². The van der Waals surface area contributed by atoms with Crippen molar-refractivity contribution in [3.63, 3.8) is 0 Å². The van der Waals surface area contributed by atoms with Crippen LogP contribution < -0.4 is 5.43 Å². The van der Waals surface area contributed by atoms with E-state index in [4.69, 9.17) is 9.05 Å². The van der Waals surface area contributed by atoms with Crippen LogP contribution in [0.25, 0.3) is 0 Å². The quantitative estimate of drug-likeness (QED) is 0.596. The SMILES string of the molecule is CCc1ccc(C2C(P(=O)(OC)OC)=NNC23C(=O)c2ccccc2C3=O)cc1. The first kappa shape index (κ1) is 19.7. The zero-order valence-corrected chi connectivity index (χ0v) is 17.2. The van der Waals surface area contributed by atoms with Gasteiger partial charge in [0.05, 0.1) is 5.92 Å². The van der Waals surface area contributed by atoms with Crippen molar-refractivity contribution in [3.05, 3.63) is 70.8 Å². The van der Waals surface area contributed by atoms with Gasteiger partial charge >= 0.3 is 7.60 Å². The van der Waals surface area contributed by atoms with Crippen LogP contribution in [-0.2, 0) is 20.0 Å². The first-order chi connectivity index (χ1) is 13.9. The summed E-state index contributed by atoms with van der Waals surface area (Å²) in [6, 6.07) is 14.1. The van der Waals surface area contributed by atoms with Gasteiger partial charge in [-0.3, -0.25) is 19.6 Å². The molecule has 1 heterocycles. The van der Waals surface area contributed by atoms with Crippen LogP contribution in [0.15, 0.2) is 53.6 Å². The number of ketones is 2. The van der Waals surface area contributed by atoms with Crippen LogP contribution in [-0.4, -0.2) is 36.8 Å². The lowest BCUT2D eigenvalue weighted by Gasteiger charge is -2.29. The molecule has 1 N–H and O–H groups in total. The van der Waals surface area contributed by atoms with Gasteiger partial charge in [0.15, 0.2) is 22.6 Å². The number of nitrogens with zero attached hydrogens (tertiary/aromatic N) is 1. The van der Waals surface area contributed by atoms with Crippen LogP contribution in [0.3, 0.4) is 0 Å². The first-order valence-electron chi connectivity index (χ1n) is 9.27. The maximum Gasteiger partial charge on any atom is 0.377 e. The minimum atomic E-state index is -3.81. The van der Waals surface area contributed by atoms with Crippen molar-refractivity contribution < 1.29 is 23.2 Å². The Bertz CT molecular complexity index is 1030. The second kappa shape index (κ2) is 7.02. The molecule has 1 spiro atoms. The zero-order valence-electron chi connectivity index (χ0n) is 16.3. The predicted octanol–water partition coefficient (Wildman–Crippen LogP) is 3.55. The van der Waals surface area contributed by atoms with E-state index in [-0.39, 0.29) is 5.45 Å². The van der Waals surface area contributed by atoms with Gasteiger partial charge in [-0.05, 0) is 17.5 Å². The summed E-state index contributed by atoms with van der Waals surface area (Å²) in [7, 11) is -1.31. The summed E-state index contributed by atoms with van der Waals surface area (Å²) in [5, 5.41) is 4.18. The van der Waals surface area contributed by atoms with Crippen molar-refractivity contribution in [2.75, 3.05) is 14.2 Å². The molecule has 0 saturated heterocycles. The maximum atomic E-state index is 13.5. The molecule has 0 saturated carbocycles. The molecule has 0 radical (unpaired) electrons. The number of fused-ring (bicyclic) bond motifs is 1. The minimum Gasteiger partial charge on any atom is -0.308 e. The Morgan fingerprint density at radius 2 is 1.55 bits per heavy atom. The molecule has 0 amide bonds. The molecule has 8 heteroatoms. The Balaban J connectivity index is 1.92. The molecule has 2 aliphatic rings. The van der Waals surface area contributed by atoms with Crippen LogP contribution >= 0.6 is 7.60 Å². The lowest BCUT2D eigenvalue weighted by Crippen LogP contribution is -2.54. The predicted molar refractivity (Wildman–Crippen MR) is 109 cm³/mol. The fourth-order valence-electron chi connectivity index (χ4n) is 4.06. The van der Waals surface area contributed by atoms with Gasteiger partial charge in [-0.2, -0.15) is 5.10 Å². The molecule has 2 aromatic carbocycles. The van der Waals surface area contributed by atoms with E-state index in [9.17, 15) is 14.2 Å². The molecule has 4 rings (SSSR count). The van der Waals surface area contributed by atoms with E-state index in [1.165, 1.54) is 14.2 Å².